The molecular formula is C15H14Cl2O. The van der Waals surface area contributed by atoms with Crippen LogP contribution >= 0.6 is 23.2 Å². The second-order valence-electron chi connectivity index (χ2n) is 4.53. The smallest absolute Gasteiger partial charge is 0.0909 e. The Bertz CT molecular complexity index is 535. The molecule has 0 aliphatic heterocycles. The van der Waals surface area contributed by atoms with Crippen molar-refractivity contribution in [3.05, 3.63) is 69.7 Å². The van der Waals surface area contributed by atoms with Crippen molar-refractivity contribution >= 4 is 23.2 Å². The fourth-order valence-electron chi connectivity index (χ4n) is 1.96. The second kappa shape index (κ2) is 5.31. The van der Waals surface area contributed by atoms with E-state index in [2.05, 4.69) is 0 Å². The number of halogens is 2. The van der Waals surface area contributed by atoms with E-state index in [0.29, 0.717) is 16.5 Å². The summed E-state index contributed by atoms with van der Waals surface area (Å²) in [5, 5.41) is 11.6. The van der Waals surface area contributed by atoms with Gasteiger partial charge in [-0.15, -0.1) is 0 Å². The zero-order valence-corrected chi connectivity index (χ0v) is 11.5. The average molecular weight is 281 g/mol. The maximum absolute atomic E-state index is 10.6. The van der Waals surface area contributed by atoms with Gasteiger partial charge in [-0.05, 0) is 24.1 Å². The van der Waals surface area contributed by atoms with Gasteiger partial charge in [0.05, 0.1) is 15.6 Å². The van der Waals surface area contributed by atoms with Crippen LogP contribution in [0.5, 0.6) is 0 Å². The summed E-state index contributed by atoms with van der Waals surface area (Å²) in [6, 6.07) is 15.0. The highest BCUT2D eigenvalue weighted by Gasteiger charge is 2.24. The standard InChI is InChI=1S/C15H14Cl2O/c1-15(18,12-7-3-2-4-8-12)10-11-6-5-9-13(16)14(11)17/h2-9,18H,10H2,1H3. The normalized spacial score (nSPS) is 14.2. The van der Waals surface area contributed by atoms with Crippen LogP contribution in [0.1, 0.15) is 18.1 Å². The number of hydrogen-bond donors (Lipinski definition) is 1. The monoisotopic (exact) mass is 280 g/mol. The van der Waals surface area contributed by atoms with Crippen molar-refractivity contribution < 1.29 is 5.11 Å². The molecule has 1 N–H and O–H groups in total. The minimum absolute atomic E-state index is 0.427. The Labute approximate surface area is 117 Å². The third-order valence-electron chi connectivity index (χ3n) is 2.96. The third kappa shape index (κ3) is 2.86. The fourth-order valence-corrected chi connectivity index (χ4v) is 2.34. The molecule has 2 aromatic carbocycles. The van der Waals surface area contributed by atoms with Crippen LogP contribution in [0, 0.1) is 0 Å². The van der Waals surface area contributed by atoms with Crippen LogP contribution < -0.4 is 0 Å². The highest BCUT2D eigenvalue weighted by molar-refractivity contribution is 6.42. The Morgan fingerprint density at radius 3 is 2.33 bits per heavy atom. The van der Waals surface area contributed by atoms with E-state index >= 15 is 0 Å². The quantitative estimate of drug-likeness (QED) is 0.881. The number of benzene rings is 2. The topological polar surface area (TPSA) is 20.2 Å². The summed E-state index contributed by atoms with van der Waals surface area (Å²) in [4.78, 5) is 0. The van der Waals surface area contributed by atoms with Gasteiger partial charge >= 0.3 is 0 Å². The van der Waals surface area contributed by atoms with Gasteiger partial charge in [0.15, 0.2) is 0 Å². The van der Waals surface area contributed by atoms with Crippen molar-refractivity contribution in [3.8, 4) is 0 Å². The molecule has 0 bridgehead atoms. The minimum Gasteiger partial charge on any atom is -0.385 e. The maximum Gasteiger partial charge on any atom is 0.0909 e. The van der Waals surface area contributed by atoms with Gasteiger partial charge in [0.2, 0.25) is 0 Å². The lowest BCUT2D eigenvalue weighted by atomic mass is 9.89. The lowest BCUT2D eigenvalue weighted by Crippen LogP contribution is -2.24. The van der Waals surface area contributed by atoms with Gasteiger partial charge in [-0.1, -0.05) is 65.7 Å². The first-order valence-electron chi connectivity index (χ1n) is 5.71. The lowest BCUT2D eigenvalue weighted by Gasteiger charge is -2.24. The molecule has 0 heterocycles. The van der Waals surface area contributed by atoms with Gasteiger partial charge in [0.1, 0.15) is 0 Å². The molecular weight excluding hydrogens is 267 g/mol. The van der Waals surface area contributed by atoms with E-state index < -0.39 is 5.60 Å². The van der Waals surface area contributed by atoms with Crippen LogP contribution in [0.25, 0.3) is 0 Å². The van der Waals surface area contributed by atoms with Crippen molar-refractivity contribution in [3.63, 3.8) is 0 Å². The molecule has 2 rings (SSSR count). The third-order valence-corrected chi connectivity index (χ3v) is 3.82. The Kier molecular flexibility index (Phi) is 3.96. The molecule has 0 saturated carbocycles. The van der Waals surface area contributed by atoms with Crippen LogP contribution in [-0.2, 0) is 12.0 Å². The highest BCUT2D eigenvalue weighted by atomic mass is 35.5. The summed E-state index contributed by atoms with van der Waals surface area (Å²) < 4.78 is 0. The molecule has 1 atom stereocenters. The molecule has 0 aromatic heterocycles. The predicted octanol–water partition coefficient (Wildman–Crippen LogP) is 4.44. The Balaban J connectivity index is 2.31. The maximum atomic E-state index is 10.6. The van der Waals surface area contributed by atoms with Gasteiger partial charge < -0.3 is 5.11 Å². The van der Waals surface area contributed by atoms with Gasteiger partial charge in [-0.3, -0.25) is 0 Å². The van der Waals surface area contributed by atoms with E-state index in [1.807, 2.05) is 42.5 Å². The van der Waals surface area contributed by atoms with E-state index in [-0.39, 0.29) is 0 Å². The van der Waals surface area contributed by atoms with Gasteiger partial charge in [0.25, 0.3) is 0 Å². The van der Waals surface area contributed by atoms with Crippen molar-refractivity contribution in [2.24, 2.45) is 0 Å². The zero-order chi connectivity index (χ0) is 13.2. The molecule has 0 aliphatic carbocycles. The van der Waals surface area contributed by atoms with Crippen molar-refractivity contribution in [2.75, 3.05) is 0 Å². The van der Waals surface area contributed by atoms with Crippen LogP contribution in [0.2, 0.25) is 10.0 Å². The molecule has 0 radical (unpaired) electrons. The lowest BCUT2D eigenvalue weighted by molar-refractivity contribution is 0.0576. The van der Waals surface area contributed by atoms with Crippen LogP contribution in [0.15, 0.2) is 48.5 Å². The molecule has 1 nitrogen and oxygen atoms in total. The SMILES string of the molecule is CC(O)(Cc1cccc(Cl)c1Cl)c1ccccc1. The van der Waals surface area contributed by atoms with E-state index in [1.54, 1.807) is 13.0 Å². The summed E-state index contributed by atoms with van der Waals surface area (Å²) in [6.07, 6.45) is 0.427. The molecule has 0 saturated heterocycles. The van der Waals surface area contributed by atoms with E-state index in [0.717, 1.165) is 11.1 Å². The predicted molar refractivity (Wildman–Crippen MR) is 76.2 cm³/mol. The fraction of sp³-hybridized carbons (Fsp3) is 0.200. The molecule has 18 heavy (non-hydrogen) atoms. The Morgan fingerprint density at radius 2 is 1.67 bits per heavy atom. The van der Waals surface area contributed by atoms with Crippen LogP contribution in [0.3, 0.4) is 0 Å². The molecule has 94 valence electrons. The molecule has 0 amide bonds. The van der Waals surface area contributed by atoms with Crippen molar-refractivity contribution in [2.45, 2.75) is 18.9 Å². The van der Waals surface area contributed by atoms with Gasteiger partial charge in [-0.2, -0.15) is 0 Å². The number of aliphatic hydroxyl groups is 1. The first-order chi connectivity index (χ1) is 8.50. The number of rotatable bonds is 3. The summed E-state index contributed by atoms with van der Waals surface area (Å²) >= 11 is 12.1. The second-order valence-corrected chi connectivity index (χ2v) is 5.31. The first-order valence-corrected chi connectivity index (χ1v) is 6.47. The minimum atomic E-state index is -0.963. The summed E-state index contributed by atoms with van der Waals surface area (Å²) in [7, 11) is 0. The van der Waals surface area contributed by atoms with E-state index in [9.17, 15) is 5.11 Å². The molecule has 1 unspecified atom stereocenters. The Hall–Kier alpha value is -1.02. The summed E-state index contributed by atoms with van der Waals surface area (Å²) in [5.74, 6) is 0. The summed E-state index contributed by atoms with van der Waals surface area (Å²) in [5.41, 5.74) is 0.745. The zero-order valence-electron chi connectivity index (χ0n) is 10.0. The molecule has 0 spiro atoms. The molecule has 3 heteroatoms. The number of hydrogen-bond acceptors (Lipinski definition) is 1. The average Bonchev–Trinajstić information content (AvgIpc) is 2.36. The van der Waals surface area contributed by atoms with E-state index in [4.69, 9.17) is 23.2 Å². The van der Waals surface area contributed by atoms with Gasteiger partial charge in [0, 0.05) is 6.42 Å². The van der Waals surface area contributed by atoms with E-state index in [1.165, 1.54) is 0 Å². The Morgan fingerprint density at radius 1 is 1.00 bits per heavy atom. The summed E-state index contributed by atoms with van der Waals surface area (Å²) in [6.45, 7) is 1.78. The molecule has 0 aliphatic rings. The van der Waals surface area contributed by atoms with Crippen LogP contribution in [0.4, 0.5) is 0 Å². The molecule has 2 aromatic rings. The van der Waals surface area contributed by atoms with Crippen LogP contribution in [-0.4, -0.2) is 5.11 Å². The molecule has 0 fully saturated rings. The first kappa shape index (κ1) is 13.4. The van der Waals surface area contributed by atoms with Gasteiger partial charge in [-0.25, -0.2) is 0 Å². The van der Waals surface area contributed by atoms with Crippen molar-refractivity contribution in [1.29, 1.82) is 0 Å². The van der Waals surface area contributed by atoms with Crippen molar-refractivity contribution in [1.82, 2.24) is 0 Å². The highest BCUT2D eigenvalue weighted by Crippen LogP contribution is 2.31. The largest absolute Gasteiger partial charge is 0.385 e.